The molecule has 0 atom stereocenters. The van der Waals surface area contributed by atoms with Crippen LogP contribution in [0.5, 0.6) is 0 Å². The lowest BCUT2D eigenvalue weighted by molar-refractivity contribution is -0.142. The van der Waals surface area contributed by atoms with E-state index in [0.717, 1.165) is 44.3 Å². The highest BCUT2D eigenvalue weighted by atomic mass is 16.5. The van der Waals surface area contributed by atoms with E-state index in [1.165, 1.54) is 0 Å². The molecule has 2 amide bonds. The molecule has 1 heterocycles. The summed E-state index contributed by atoms with van der Waals surface area (Å²) in [7, 11) is 1.66. The van der Waals surface area contributed by atoms with Crippen LogP contribution < -0.4 is 0 Å². The summed E-state index contributed by atoms with van der Waals surface area (Å²) in [5.41, 5.74) is 1.13. The first-order valence-corrected chi connectivity index (χ1v) is 9.29. The summed E-state index contributed by atoms with van der Waals surface area (Å²) in [4.78, 5) is 29.0. The molecule has 1 aromatic rings. The van der Waals surface area contributed by atoms with Gasteiger partial charge in [-0.3, -0.25) is 9.59 Å². The Morgan fingerprint density at radius 2 is 1.76 bits per heavy atom. The standard InChI is InChI=1S/C20H28N2O3/c1-25-14-13-22(15-16-5-3-2-4-6-16)20(24)18-9-11-21(12-10-18)19(23)17-7-8-17/h2-6,17-18H,7-15H2,1H3. The van der Waals surface area contributed by atoms with Gasteiger partial charge < -0.3 is 14.5 Å². The van der Waals surface area contributed by atoms with E-state index in [2.05, 4.69) is 0 Å². The lowest BCUT2D eigenvalue weighted by atomic mass is 9.94. The second kappa shape index (κ2) is 8.48. The summed E-state index contributed by atoms with van der Waals surface area (Å²) in [6, 6.07) is 10.1. The van der Waals surface area contributed by atoms with Crippen LogP contribution in [-0.2, 0) is 20.9 Å². The molecule has 1 saturated carbocycles. The zero-order valence-corrected chi connectivity index (χ0v) is 15.0. The molecule has 0 spiro atoms. The Bertz CT molecular complexity index is 578. The number of hydrogen-bond acceptors (Lipinski definition) is 3. The molecule has 1 aliphatic heterocycles. The number of benzene rings is 1. The molecule has 0 bridgehead atoms. The van der Waals surface area contributed by atoms with E-state index in [1.54, 1.807) is 7.11 Å². The molecule has 0 radical (unpaired) electrons. The van der Waals surface area contributed by atoms with Gasteiger partial charge in [0.2, 0.25) is 11.8 Å². The topological polar surface area (TPSA) is 49.9 Å². The zero-order chi connectivity index (χ0) is 17.6. The van der Waals surface area contributed by atoms with Crippen molar-refractivity contribution in [3.63, 3.8) is 0 Å². The summed E-state index contributed by atoms with van der Waals surface area (Å²) in [5, 5.41) is 0. The molecule has 136 valence electrons. The molecule has 5 heteroatoms. The van der Waals surface area contributed by atoms with Crippen molar-refractivity contribution in [1.82, 2.24) is 9.80 Å². The lowest BCUT2D eigenvalue weighted by Crippen LogP contribution is -2.45. The number of ether oxygens (including phenoxy) is 1. The van der Waals surface area contributed by atoms with Crippen molar-refractivity contribution in [3.05, 3.63) is 35.9 Å². The van der Waals surface area contributed by atoms with Crippen LogP contribution in [0.25, 0.3) is 0 Å². The number of nitrogens with zero attached hydrogens (tertiary/aromatic N) is 2. The minimum Gasteiger partial charge on any atom is -0.383 e. The van der Waals surface area contributed by atoms with E-state index in [4.69, 9.17) is 4.74 Å². The van der Waals surface area contributed by atoms with Crippen LogP contribution >= 0.6 is 0 Å². The monoisotopic (exact) mass is 344 g/mol. The van der Waals surface area contributed by atoms with Gasteiger partial charge >= 0.3 is 0 Å². The van der Waals surface area contributed by atoms with Crippen LogP contribution in [0.15, 0.2) is 30.3 Å². The normalized spacial score (nSPS) is 18.2. The van der Waals surface area contributed by atoms with Gasteiger partial charge in [0, 0.05) is 45.1 Å². The van der Waals surface area contributed by atoms with Gasteiger partial charge in [-0.05, 0) is 31.2 Å². The molecule has 1 aromatic carbocycles. The summed E-state index contributed by atoms with van der Waals surface area (Å²) in [5.74, 6) is 0.776. The number of hydrogen-bond donors (Lipinski definition) is 0. The summed E-state index contributed by atoms with van der Waals surface area (Å²) < 4.78 is 5.18. The van der Waals surface area contributed by atoms with E-state index in [-0.39, 0.29) is 17.7 Å². The van der Waals surface area contributed by atoms with Gasteiger partial charge in [0.05, 0.1) is 6.61 Å². The van der Waals surface area contributed by atoms with E-state index in [9.17, 15) is 9.59 Å². The van der Waals surface area contributed by atoms with Crippen molar-refractivity contribution in [2.24, 2.45) is 11.8 Å². The number of rotatable bonds is 7. The molecule has 1 aliphatic carbocycles. The highest BCUT2D eigenvalue weighted by molar-refractivity contribution is 5.82. The zero-order valence-electron chi connectivity index (χ0n) is 15.0. The number of carbonyl (C=O) groups is 2. The number of carbonyl (C=O) groups excluding carboxylic acids is 2. The molecule has 2 aliphatic rings. The molecule has 3 rings (SSSR count). The molecule has 5 nitrogen and oxygen atoms in total. The molecular weight excluding hydrogens is 316 g/mol. The Morgan fingerprint density at radius 1 is 1.08 bits per heavy atom. The summed E-state index contributed by atoms with van der Waals surface area (Å²) in [6.45, 7) is 3.19. The molecule has 0 unspecified atom stereocenters. The van der Waals surface area contributed by atoms with Crippen LogP contribution in [0, 0.1) is 11.8 Å². The number of piperidine rings is 1. The molecule has 0 N–H and O–H groups in total. The number of likely N-dealkylation sites (tertiary alicyclic amines) is 1. The first-order chi connectivity index (χ1) is 12.2. The predicted octanol–water partition coefficient (Wildman–Crippen LogP) is 2.31. The molecule has 2 fully saturated rings. The highest BCUT2D eigenvalue weighted by Crippen LogP contribution is 2.32. The average Bonchev–Trinajstić information content (AvgIpc) is 3.50. The van der Waals surface area contributed by atoms with Crippen molar-refractivity contribution in [1.29, 1.82) is 0 Å². The van der Waals surface area contributed by atoms with Crippen LogP contribution in [0.4, 0.5) is 0 Å². The number of amides is 2. The second-order valence-corrected chi connectivity index (χ2v) is 7.11. The van der Waals surface area contributed by atoms with Gasteiger partial charge in [0.1, 0.15) is 0 Å². The van der Waals surface area contributed by atoms with Gasteiger partial charge in [-0.2, -0.15) is 0 Å². The predicted molar refractivity (Wildman–Crippen MR) is 95.8 cm³/mol. The molecule has 25 heavy (non-hydrogen) atoms. The summed E-state index contributed by atoms with van der Waals surface area (Å²) in [6.07, 6.45) is 3.63. The van der Waals surface area contributed by atoms with Gasteiger partial charge in [-0.25, -0.2) is 0 Å². The van der Waals surface area contributed by atoms with Crippen molar-refractivity contribution >= 4 is 11.8 Å². The third-order valence-electron chi connectivity index (χ3n) is 5.18. The van der Waals surface area contributed by atoms with Gasteiger partial charge in [-0.1, -0.05) is 30.3 Å². The SMILES string of the molecule is COCCN(Cc1ccccc1)C(=O)C1CCN(C(=O)C2CC2)CC1. The smallest absolute Gasteiger partial charge is 0.226 e. The minimum absolute atomic E-state index is 0.0174. The van der Waals surface area contributed by atoms with Crippen molar-refractivity contribution < 1.29 is 14.3 Å². The van der Waals surface area contributed by atoms with Crippen LogP contribution in [0.3, 0.4) is 0 Å². The Balaban J connectivity index is 1.56. The first kappa shape index (κ1) is 17.9. The Kier molecular flexibility index (Phi) is 6.08. The van der Waals surface area contributed by atoms with E-state index in [1.807, 2.05) is 40.1 Å². The maximum atomic E-state index is 13.0. The third-order valence-corrected chi connectivity index (χ3v) is 5.18. The fraction of sp³-hybridized carbons (Fsp3) is 0.600. The summed E-state index contributed by atoms with van der Waals surface area (Å²) >= 11 is 0. The molecular formula is C20H28N2O3. The first-order valence-electron chi connectivity index (χ1n) is 9.29. The largest absolute Gasteiger partial charge is 0.383 e. The minimum atomic E-state index is 0.0174. The van der Waals surface area contributed by atoms with Crippen molar-refractivity contribution in [2.45, 2.75) is 32.2 Å². The molecule has 1 saturated heterocycles. The maximum Gasteiger partial charge on any atom is 0.226 e. The van der Waals surface area contributed by atoms with Crippen LogP contribution in [0.1, 0.15) is 31.2 Å². The van der Waals surface area contributed by atoms with Crippen molar-refractivity contribution in [2.75, 3.05) is 33.4 Å². The Labute approximate surface area is 149 Å². The van der Waals surface area contributed by atoms with E-state index >= 15 is 0 Å². The third kappa shape index (κ3) is 4.82. The fourth-order valence-corrected chi connectivity index (χ4v) is 3.47. The van der Waals surface area contributed by atoms with Gasteiger partial charge in [0.15, 0.2) is 0 Å². The van der Waals surface area contributed by atoms with Crippen molar-refractivity contribution in [3.8, 4) is 0 Å². The van der Waals surface area contributed by atoms with Crippen LogP contribution in [-0.4, -0.2) is 55.0 Å². The second-order valence-electron chi connectivity index (χ2n) is 7.11. The Morgan fingerprint density at radius 3 is 2.36 bits per heavy atom. The average molecular weight is 344 g/mol. The van der Waals surface area contributed by atoms with Crippen LogP contribution in [0.2, 0.25) is 0 Å². The lowest BCUT2D eigenvalue weighted by Gasteiger charge is -2.34. The van der Waals surface area contributed by atoms with Gasteiger partial charge in [0.25, 0.3) is 0 Å². The quantitative estimate of drug-likeness (QED) is 0.763. The highest BCUT2D eigenvalue weighted by Gasteiger charge is 2.36. The molecule has 0 aromatic heterocycles. The van der Waals surface area contributed by atoms with E-state index < -0.39 is 0 Å². The number of methoxy groups -OCH3 is 1. The Hall–Kier alpha value is -1.88. The maximum absolute atomic E-state index is 13.0. The van der Waals surface area contributed by atoms with E-state index in [0.29, 0.717) is 25.6 Å². The van der Waals surface area contributed by atoms with Gasteiger partial charge in [-0.15, -0.1) is 0 Å². The fourth-order valence-electron chi connectivity index (χ4n) is 3.47.